The Hall–Kier alpha value is -1.10. The van der Waals surface area contributed by atoms with Gasteiger partial charge in [-0.15, -0.1) is 0 Å². The molecule has 3 bridgehead atoms. The van der Waals surface area contributed by atoms with Crippen LogP contribution in [0.5, 0.6) is 0 Å². The van der Waals surface area contributed by atoms with Crippen molar-refractivity contribution in [2.45, 2.75) is 45.1 Å². The first-order chi connectivity index (χ1) is 11.0. The molecule has 124 valence electrons. The highest BCUT2D eigenvalue weighted by Gasteiger charge is 2.51. The SMILES string of the molecule is C[C@@H](NC(=O)c1coc(=O)c(Br)c1)[C@H]1[C@@H]2CC[C@H]3C[C@H](C2)C[C@@H]31. The molecule has 4 nitrogen and oxygen atoms in total. The zero-order valence-electron chi connectivity index (χ0n) is 13.3. The van der Waals surface area contributed by atoms with E-state index in [1.807, 2.05) is 0 Å². The van der Waals surface area contributed by atoms with E-state index in [1.54, 1.807) is 0 Å². The van der Waals surface area contributed by atoms with Gasteiger partial charge >= 0.3 is 5.63 Å². The number of carbonyl (C=O) groups is 1. The summed E-state index contributed by atoms with van der Waals surface area (Å²) in [6.45, 7) is 2.14. The van der Waals surface area contributed by atoms with Crippen LogP contribution < -0.4 is 10.9 Å². The van der Waals surface area contributed by atoms with Crippen LogP contribution in [0.3, 0.4) is 0 Å². The van der Waals surface area contributed by atoms with E-state index < -0.39 is 5.63 Å². The molecular formula is C18H22BrNO3. The fraction of sp³-hybridized carbons (Fsp3) is 0.667. The first kappa shape index (κ1) is 15.4. The second-order valence-electron chi connectivity index (χ2n) is 7.64. The molecule has 0 unspecified atom stereocenters. The quantitative estimate of drug-likeness (QED) is 0.872. The summed E-state index contributed by atoms with van der Waals surface area (Å²) in [6.07, 6.45) is 8.08. The van der Waals surface area contributed by atoms with E-state index in [0.29, 0.717) is 11.5 Å². The minimum atomic E-state index is -0.462. The van der Waals surface area contributed by atoms with E-state index in [0.717, 1.165) is 23.7 Å². The molecule has 1 aromatic heterocycles. The Morgan fingerprint density at radius 3 is 2.83 bits per heavy atom. The average Bonchev–Trinajstić information content (AvgIpc) is 2.72. The zero-order valence-corrected chi connectivity index (χ0v) is 14.8. The topological polar surface area (TPSA) is 59.3 Å². The number of rotatable bonds is 3. The molecule has 1 amide bonds. The van der Waals surface area contributed by atoms with Gasteiger partial charge in [-0.3, -0.25) is 4.79 Å². The van der Waals surface area contributed by atoms with Crippen molar-refractivity contribution >= 4 is 21.8 Å². The molecule has 0 aliphatic heterocycles. The van der Waals surface area contributed by atoms with Crippen LogP contribution in [0, 0.1) is 29.6 Å². The monoisotopic (exact) mass is 379 g/mol. The van der Waals surface area contributed by atoms with Crippen molar-refractivity contribution in [3.63, 3.8) is 0 Å². The molecular weight excluding hydrogens is 358 g/mol. The van der Waals surface area contributed by atoms with Gasteiger partial charge in [0.05, 0.1) is 5.56 Å². The maximum absolute atomic E-state index is 12.5. The van der Waals surface area contributed by atoms with Gasteiger partial charge in [0, 0.05) is 6.04 Å². The summed E-state index contributed by atoms with van der Waals surface area (Å²) in [5.41, 5.74) is -0.0650. The number of hydrogen-bond donors (Lipinski definition) is 1. The van der Waals surface area contributed by atoms with Gasteiger partial charge in [0.15, 0.2) is 0 Å². The van der Waals surface area contributed by atoms with Crippen LogP contribution >= 0.6 is 15.9 Å². The summed E-state index contributed by atoms with van der Waals surface area (Å²) in [7, 11) is 0. The number of hydrogen-bond acceptors (Lipinski definition) is 3. The van der Waals surface area contributed by atoms with Crippen molar-refractivity contribution in [1.29, 1.82) is 0 Å². The van der Waals surface area contributed by atoms with Crippen LogP contribution in [0.4, 0.5) is 0 Å². The Balaban J connectivity index is 1.49. The predicted octanol–water partition coefficient (Wildman–Crippen LogP) is 3.59. The van der Waals surface area contributed by atoms with Crippen molar-refractivity contribution in [2.24, 2.45) is 29.6 Å². The molecule has 1 heterocycles. The third kappa shape index (κ3) is 2.67. The average molecular weight is 380 g/mol. The van der Waals surface area contributed by atoms with Gasteiger partial charge in [0.25, 0.3) is 5.91 Å². The zero-order chi connectivity index (χ0) is 16.1. The summed E-state index contributed by atoms with van der Waals surface area (Å²) < 4.78 is 5.16. The minimum absolute atomic E-state index is 0.155. The van der Waals surface area contributed by atoms with Crippen LogP contribution in [0.25, 0.3) is 0 Å². The van der Waals surface area contributed by atoms with Gasteiger partial charge in [-0.1, -0.05) is 0 Å². The minimum Gasteiger partial charge on any atom is -0.430 e. The summed E-state index contributed by atoms with van der Waals surface area (Å²) in [4.78, 5) is 23.8. The van der Waals surface area contributed by atoms with Crippen LogP contribution in [0.15, 0.2) is 26.0 Å². The van der Waals surface area contributed by atoms with Crippen LogP contribution in [0.1, 0.15) is 49.4 Å². The largest absolute Gasteiger partial charge is 0.430 e. The molecule has 5 heteroatoms. The fourth-order valence-corrected chi connectivity index (χ4v) is 5.97. The number of nitrogens with one attached hydrogen (secondary N) is 1. The summed E-state index contributed by atoms with van der Waals surface area (Å²) in [5.74, 6) is 3.84. The fourth-order valence-electron chi connectivity index (χ4n) is 5.63. The van der Waals surface area contributed by atoms with Crippen LogP contribution in [-0.4, -0.2) is 11.9 Å². The molecule has 6 atom stereocenters. The maximum atomic E-state index is 12.5. The normalized spacial score (nSPS) is 36.0. The van der Waals surface area contributed by atoms with E-state index in [-0.39, 0.29) is 16.4 Å². The molecule has 1 N–H and O–H groups in total. The lowest BCUT2D eigenvalue weighted by Gasteiger charge is -2.45. The van der Waals surface area contributed by atoms with Crippen LogP contribution in [-0.2, 0) is 0 Å². The van der Waals surface area contributed by atoms with E-state index in [4.69, 9.17) is 4.42 Å². The van der Waals surface area contributed by atoms with Crippen molar-refractivity contribution in [3.05, 3.63) is 32.8 Å². The molecule has 0 aromatic carbocycles. The van der Waals surface area contributed by atoms with Gasteiger partial charge in [0.2, 0.25) is 0 Å². The molecule has 3 saturated carbocycles. The molecule has 3 aliphatic carbocycles. The number of halogens is 1. The van der Waals surface area contributed by atoms with Crippen molar-refractivity contribution < 1.29 is 9.21 Å². The van der Waals surface area contributed by atoms with Gasteiger partial charge in [-0.25, -0.2) is 4.79 Å². The summed E-state index contributed by atoms with van der Waals surface area (Å²) in [6, 6.07) is 1.71. The highest BCUT2D eigenvalue weighted by atomic mass is 79.9. The number of amides is 1. The third-order valence-corrected chi connectivity index (χ3v) is 6.95. The molecule has 0 saturated heterocycles. The highest BCUT2D eigenvalue weighted by Crippen LogP contribution is 2.58. The molecule has 3 aliphatic rings. The molecule has 0 radical (unpaired) electrons. The Morgan fingerprint density at radius 1 is 1.30 bits per heavy atom. The van der Waals surface area contributed by atoms with Gasteiger partial charge in [-0.05, 0) is 90.6 Å². The highest BCUT2D eigenvalue weighted by molar-refractivity contribution is 9.10. The van der Waals surface area contributed by atoms with E-state index >= 15 is 0 Å². The lowest BCUT2D eigenvalue weighted by Crippen LogP contribution is -2.48. The number of fused-ring (bicyclic) bond motifs is 2. The summed E-state index contributed by atoms with van der Waals surface area (Å²) in [5, 5.41) is 3.16. The van der Waals surface area contributed by atoms with Crippen molar-refractivity contribution in [3.8, 4) is 0 Å². The molecule has 3 fully saturated rings. The van der Waals surface area contributed by atoms with E-state index in [1.165, 1.54) is 44.4 Å². The lowest BCUT2D eigenvalue weighted by atomic mass is 9.62. The second kappa shape index (κ2) is 5.76. The van der Waals surface area contributed by atoms with Crippen LogP contribution in [0.2, 0.25) is 0 Å². The molecule has 23 heavy (non-hydrogen) atoms. The first-order valence-electron chi connectivity index (χ1n) is 8.62. The first-order valence-corrected chi connectivity index (χ1v) is 9.41. The van der Waals surface area contributed by atoms with Gasteiger partial charge < -0.3 is 9.73 Å². The van der Waals surface area contributed by atoms with Crippen molar-refractivity contribution in [1.82, 2.24) is 5.32 Å². The predicted molar refractivity (Wildman–Crippen MR) is 90.1 cm³/mol. The Bertz CT molecular complexity index is 685. The molecule has 1 aromatic rings. The Morgan fingerprint density at radius 2 is 2.04 bits per heavy atom. The molecule has 0 spiro atoms. The standard InChI is InChI=1S/C18H22BrNO3/c1-9(20-17(21)13-7-15(19)18(22)23-8-13)16-12-3-2-11-4-10(5-12)6-14(11)16/h7-12,14,16H,2-6H2,1H3,(H,20,21)/t9-,10-,11+,12-,14+,16+/m1/s1. The smallest absolute Gasteiger partial charge is 0.350 e. The van der Waals surface area contributed by atoms with Gasteiger partial charge in [0.1, 0.15) is 10.7 Å². The Kier molecular flexibility index (Phi) is 3.87. The lowest BCUT2D eigenvalue weighted by molar-refractivity contribution is 0.0518. The Labute approximate surface area is 144 Å². The van der Waals surface area contributed by atoms with E-state index in [9.17, 15) is 9.59 Å². The summed E-state index contributed by atoms with van der Waals surface area (Å²) >= 11 is 3.12. The van der Waals surface area contributed by atoms with E-state index in [2.05, 4.69) is 28.2 Å². The van der Waals surface area contributed by atoms with Crippen molar-refractivity contribution in [2.75, 3.05) is 0 Å². The van der Waals surface area contributed by atoms with Gasteiger partial charge in [-0.2, -0.15) is 0 Å². The second-order valence-corrected chi connectivity index (χ2v) is 8.50. The molecule has 4 rings (SSSR count). The third-order valence-electron chi connectivity index (χ3n) is 6.40. The maximum Gasteiger partial charge on any atom is 0.350 e. The number of carbonyl (C=O) groups excluding carboxylic acids is 1.